The molecule has 0 saturated carbocycles. The maximum atomic E-state index is 12.8. The molecule has 122 valence electrons. The minimum Gasteiger partial charge on any atom is -0.469 e. The van der Waals surface area contributed by atoms with Crippen LogP contribution < -0.4 is 0 Å². The van der Waals surface area contributed by atoms with Crippen LogP contribution in [0.25, 0.3) is 0 Å². The number of ether oxygens (including phenoxy) is 2. The van der Waals surface area contributed by atoms with E-state index in [1.54, 1.807) is 23.8 Å². The molecule has 3 aliphatic heterocycles. The second-order valence-corrected chi connectivity index (χ2v) is 6.54. The lowest BCUT2D eigenvalue weighted by atomic mass is 9.98. The third-order valence-corrected chi connectivity index (χ3v) is 5.20. The lowest BCUT2D eigenvalue weighted by Crippen LogP contribution is -2.60. The minimum atomic E-state index is -0.435. The van der Waals surface area contributed by atoms with Crippen LogP contribution in [0.4, 0.5) is 0 Å². The van der Waals surface area contributed by atoms with Gasteiger partial charge < -0.3 is 14.4 Å². The number of rotatable bonds is 1. The molecule has 4 aliphatic rings. The Morgan fingerprint density at radius 3 is 2.83 bits per heavy atom. The molecule has 2 saturated heterocycles. The van der Waals surface area contributed by atoms with Gasteiger partial charge in [0.05, 0.1) is 5.70 Å². The molecule has 6 heteroatoms. The molecule has 0 spiro atoms. The van der Waals surface area contributed by atoms with E-state index in [2.05, 4.69) is 6.08 Å². The zero-order chi connectivity index (χ0) is 16.3. The summed E-state index contributed by atoms with van der Waals surface area (Å²) in [5, 5.41) is 0. The van der Waals surface area contributed by atoms with E-state index in [1.165, 1.54) is 0 Å². The molecule has 0 N–H and O–H groups in total. The van der Waals surface area contributed by atoms with Crippen molar-refractivity contribution in [1.82, 2.24) is 9.80 Å². The van der Waals surface area contributed by atoms with E-state index in [1.807, 2.05) is 13.0 Å². The second-order valence-electron chi connectivity index (χ2n) is 6.54. The summed E-state index contributed by atoms with van der Waals surface area (Å²) in [4.78, 5) is 28.6. The number of nitrogens with zero attached hydrogens (tertiary/aromatic N) is 2. The van der Waals surface area contributed by atoms with Gasteiger partial charge in [0.1, 0.15) is 23.9 Å². The monoisotopic (exact) mass is 316 g/mol. The number of carbonyl (C=O) groups is 2. The van der Waals surface area contributed by atoms with Gasteiger partial charge in [-0.05, 0) is 37.5 Å². The van der Waals surface area contributed by atoms with E-state index in [4.69, 9.17) is 9.47 Å². The summed E-state index contributed by atoms with van der Waals surface area (Å²) >= 11 is 0. The van der Waals surface area contributed by atoms with Gasteiger partial charge in [0.25, 0.3) is 0 Å². The van der Waals surface area contributed by atoms with Crippen LogP contribution in [-0.2, 0) is 19.1 Å². The highest BCUT2D eigenvalue weighted by atomic mass is 16.7. The van der Waals surface area contributed by atoms with E-state index in [-0.39, 0.29) is 24.7 Å². The fraction of sp³-hybridized carbons (Fsp3) is 0.529. The van der Waals surface area contributed by atoms with Gasteiger partial charge in [-0.2, -0.15) is 0 Å². The summed E-state index contributed by atoms with van der Waals surface area (Å²) < 4.78 is 11.0. The van der Waals surface area contributed by atoms with E-state index in [0.717, 1.165) is 29.0 Å². The molecule has 2 amide bonds. The van der Waals surface area contributed by atoms with Gasteiger partial charge in [-0.15, -0.1) is 0 Å². The number of fused-ring (bicyclic) bond motifs is 2. The maximum absolute atomic E-state index is 12.8. The van der Waals surface area contributed by atoms with Gasteiger partial charge in [-0.3, -0.25) is 14.5 Å². The Labute approximate surface area is 135 Å². The molecule has 0 aromatic heterocycles. The molecule has 1 aliphatic carbocycles. The third kappa shape index (κ3) is 1.97. The zero-order valence-corrected chi connectivity index (χ0v) is 13.5. The van der Waals surface area contributed by atoms with Crippen LogP contribution in [0.15, 0.2) is 34.8 Å². The molecule has 23 heavy (non-hydrogen) atoms. The molecule has 3 atom stereocenters. The largest absolute Gasteiger partial charge is 0.469 e. The van der Waals surface area contributed by atoms with Crippen molar-refractivity contribution >= 4 is 11.8 Å². The highest BCUT2D eigenvalue weighted by Gasteiger charge is 2.48. The van der Waals surface area contributed by atoms with Gasteiger partial charge in [0.2, 0.25) is 11.8 Å². The van der Waals surface area contributed by atoms with Crippen LogP contribution in [0, 0.1) is 0 Å². The summed E-state index contributed by atoms with van der Waals surface area (Å²) in [6, 6.07) is -0.841. The molecule has 2 fully saturated rings. The van der Waals surface area contributed by atoms with E-state index < -0.39 is 12.1 Å². The van der Waals surface area contributed by atoms with Crippen LogP contribution in [0.3, 0.4) is 0 Å². The maximum Gasteiger partial charge on any atom is 0.250 e. The van der Waals surface area contributed by atoms with E-state index >= 15 is 0 Å². The Morgan fingerprint density at radius 2 is 2.04 bits per heavy atom. The normalized spacial score (nSPS) is 33.4. The lowest BCUT2D eigenvalue weighted by molar-refractivity contribution is -0.155. The highest BCUT2D eigenvalue weighted by molar-refractivity contribution is 5.99. The first-order valence-corrected chi connectivity index (χ1v) is 7.95. The number of hydrogen-bond donors (Lipinski definition) is 0. The van der Waals surface area contributed by atoms with E-state index in [0.29, 0.717) is 6.42 Å². The average Bonchev–Trinajstić information content (AvgIpc) is 3.14. The standard InChI is InChI=1S/C17H20N2O4/c1-9-6-12-17(21)18(3)10(2)16(20)19(12)15(9)11-4-5-13-14(7-11)23-8-22-13/h4,7,10,12-13H,5-6,8H2,1-3H3. The van der Waals surface area contributed by atoms with E-state index in [9.17, 15) is 9.59 Å². The van der Waals surface area contributed by atoms with Crippen molar-refractivity contribution in [2.24, 2.45) is 0 Å². The molecule has 0 bridgehead atoms. The van der Waals surface area contributed by atoms with Crippen molar-refractivity contribution in [2.75, 3.05) is 13.8 Å². The van der Waals surface area contributed by atoms with Gasteiger partial charge in [0, 0.05) is 13.5 Å². The highest BCUT2D eigenvalue weighted by Crippen LogP contribution is 2.40. The van der Waals surface area contributed by atoms with Crippen LogP contribution in [0.2, 0.25) is 0 Å². The van der Waals surface area contributed by atoms with Crippen molar-refractivity contribution < 1.29 is 19.1 Å². The zero-order valence-electron chi connectivity index (χ0n) is 13.5. The lowest BCUT2D eigenvalue weighted by Gasteiger charge is -2.40. The SMILES string of the molecule is CC1=C(C2=CCC3OCOC3=C2)N2C(=O)C(C)N(C)C(=O)C2C1. The summed E-state index contributed by atoms with van der Waals surface area (Å²) in [6.45, 7) is 4.05. The predicted molar refractivity (Wildman–Crippen MR) is 81.8 cm³/mol. The Morgan fingerprint density at radius 1 is 1.26 bits per heavy atom. The Balaban J connectivity index is 1.72. The fourth-order valence-corrected chi connectivity index (χ4v) is 3.77. The molecular weight excluding hydrogens is 296 g/mol. The topological polar surface area (TPSA) is 59.1 Å². The second kappa shape index (κ2) is 4.96. The van der Waals surface area contributed by atoms with Crippen LogP contribution in [0.5, 0.6) is 0 Å². The summed E-state index contributed by atoms with van der Waals surface area (Å²) in [5.41, 5.74) is 2.90. The average molecular weight is 316 g/mol. The molecular formula is C17H20N2O4. The molecule has 0 aromatic carbocycles. The quantitative estimate of drug-likeness (QED) is 0.732. The Hall–Kier alpha value is -2.08. The number of hydrogen-bond acceptors (Lipinski definition) is 4. The summed E-state index contributed by atoms with van der Waals surface area (Å²) in [7, 11) is 1.70. The van der Waals surface area contributed by atoms with Crippen LogP contribution >= 0.6 is 0 Å². The smallest absolute Gasteiger partial charge is 0.250 e. The fourth-order valence-electron chi connectivity index (χ4n) is 3.77. The van der Waals surface area contributed by atoms with Gasteiger partial charge in [-0.25, -0.2) is 0 Å². The number of amides is 2. The predicted octanol–water partition coefficient (Wildman–Crippen LogP) is 1.31. The van der Waals surface area contributed by atoms with Crippen molar-refractivity contribution in [2.45, 2.75) is 44.9 Å². The first kappa shape index (κ1) is 14.5. The number of piperazine rings is 1. The van der Waals surface area contributed by atoms with Gasteiger partial charge in [-0.1, -0.05) is 6.08 Å². The van der Waals surface area contributed by atoms with Gasteiger partial charge in [0.15, 0.2) is 6.79 Å². The molecule has 3 heterocycles. The molecule has 3 unspecified atom stereocenters. The summed E-state index contributed by atoms with van der Waals surface area (Å²) in [5.74, 6) is 0.801. The Kier molecular flexibility index (Phi) is 3.13. The van der Waals surface area contributed by atoms with Crippen molar-refractivity contribution in [3.05, 3.63) is 34.8 Å². The number of allylic oxidation sites excluding steroid dienone is 1. The van der Waals surface area contributed by atoms with Gasteiger partial charge >= 0.3 is 0 Å². The van der Waals surface area contributed by atoms with Crippen molar-refractivity contribution in [1.29, 1.82) is 0 Å². The third-order valence-electron chi connectivity index (χ3n) is 5.20. The van der Waals surface area contributed by atoms with Crippen molar-refractivity contribution in [3.63, 3.8) is 0 Å². The molecule has 4 rings (SSSR count). The first-order valence-electron chi connectivity index (χ1n) is 7.95. The first-order chi connectivity index (χ1) is 11.0. The van der Waals surface area contributed by atoms with Crippen molar-refractivity contribution in [3.8, 4) is 0 Å². The molecule has 0 aromatic rings. The summed E-state index contributed by atoms with van der Waals surface area (Å²) in [6.07, 6.45) is 5.33. The molecule has 0 radical (unpaired) electrons. The van der Waals surface area contributed by atoms with Crippen LogP contribution in [0.1, 0.15) is 26.7 Å². The Bertz CT molecular complexity index is 691. The minimum absolute atomic E-state index is 0.00818. The number of carbonyl (C=O) groups excluding carboxylic acids is 2. The number of likely N-dealkylation sites (N-methyl/N-ethyl adjacent to an activating group) is 1. The van der Waals surface area contributed by atoms with Crippen LogP contribution in [-0.4, -0.2) is 53.6 Å². The molecule has 6 nitrogen and oxygen atoms in total.